The number of hydrogen-bond donors (Lipinski definition) is 2. The minimum absolute atomic E-state index is 0.280. The first-order valence-corrected chi connectivity index (χ1v) is 5.63. The molecule has 1 fully saturated rings. The topological polar surface area (TPSA) is 32.3 Å². The first-order valence-electron chi connectivity index (χ1n) is 5.63. The van der Waals surface area contributed by atoms with Crippen LogP contribution in [0.15, 0.2) is 0 Å². The van der Waals surface area contributed by atoms with E-state index in [1.54, 1.807) is 0 Å². The van der Waals surface area contributed by atoms with E-state index in [4.69, 9.17) is 5.11 Å². The van der Waals surface area contributed by atoms with Gasteiger partial charge in [0.1, 0.15) is 0 Å². The van der Waals surface area contributed by atoms with Gasteiger partial charge in [0.25, 0.3) is 0 Å². The fraction of sp³-hybridized carbons (Fsp3) is 1.00. The number of hydrogen-bond acceptors (Lipinski definition) is 2. The Hall–Kier alpha value is -0.0800. The summed E-state index contributed by atoms with van der Waals surface area (Å²) in [6.07, 6.45) is 6.30. The Morgan fingerprint density at radius 2 is 1.92 bits per heavy atom. The normalized spacial score (nSPS) is 31.6. The van der Waals surface area contributed by atoms with Gasteiger partial charge in [0.05, 0.1) is 6.61 Å². The fourth-order valence-electron chi connectivity index (χ4n) is 2.06. The average Bonchev–Trinajstić information content (AvgIpc) is 2.17. The van der Waals surface area contributed by atoms with E-state index in [0.29, 0.717) is 12.1 Å². The quantitative estimate of drug-likeness (QED) is 0.701. The van der Waals surface area contributed by atoms with Gasteiger partial charge in [0, 0.05) is 12.1 Å². The van der Waals surface area contributed by atoms with Crippen molar-refractivity contribution in [2.24, 2.45) is 5.92 Å². The molecule has 0 heterocycles. The van der Waals surface area contributed by atoms with E-state index in [1.165, 1.54) is 25.7 Å². The summed E-state index contributed by atoms with van der Waals surface area (Å²) in [7, 11) is 0. The predicted octanol–water partition coefficient (Wildman–Crippen LogP) is 1.93. The van der Waals surface area contributed by atoms with Crippen LogP contribution in [0, 0.1) is 5.92 Å². The lowest BCUT2D eigenvalue weighted by atomic mass is 9.87. The van der Waals surface area contributed by atoms with Gasteiger partial charge in [0.15, 0.2) is 0 Å². The maximum atomic E-state index is 9.05. The minimum atomic E-state index is 0.280. The Morgan fingerprint density at radius 1 is 1.31 bits per heavy atom. The lowest BCUT2D eigenvalue weighted by Crippen LogP contribution is -2.41. The van der Waals surface area contributed by atoms with E-state index in [9.17, 15) is 0 Å². The Kier molecular flexibility index (Phi) is 4.74. The second kappa shape index (κ2) is 5.61. The summed E-state index contributed by atoms with van der Waals surface area (Å²) >= 11 is 0. The molecule has 2 N–H and O–H groups in total. The zero-order valence-corrected chi connectivity index (χ0v) is 8.92. The van der Waals surface area contributed by atoms with Gasteiger partial charge in [-0.3, -0.25) is 0 Å². The van der Waals surface area contributed by atoms with Gasteiger partial charge in [0.2, 0.25) is 0 Å². The largest absolute Gasteiger partial charge is 0.395 e. The second-order valence-electron chi connectivity index (χ2n) is 4.41. The number of rotatable bonds is 4. The molecular weight excluding hydrogens is 162 g/mol. The maximum absolute atomic E-state index is 9.05. The Labute approximate surface area is 81.7 Å². The van der Waals surface area contributed by atoms with Crippen molar-refractivity contribution in [2.75, 3.05) is 6.61 Å². The molecule has 0 bridgehead atoms. The molecule has 0 unspecified atom stereocenters. The monoisotopic (exact) mass is 185 g/mol. The zero-order chi connectivity index (χ0) is 9.68. The molecule has 0 amide bonds. The molecule has 0 aromatic rings. The molecule has 1 atom stereocenters. The van der Waals surface area contributed by atoms with E-state index in [-0.39, 0.29) is 6.61 Å². The maximum Gasteiger partial charge on any atom is 0.0584 e. The van der Waals surface area contributed by atoms with Gasteiger partial charge in [-0.15, -0.1) is 0 Å². The molecule has 0 aromatic heterocycles. The van der Waals surface area contributed by atoms with E-state index in [0.717, 1.165) is 12.3 Å². The first kappa shape index (κ1) is 11.0. The van der Waals surface area contributed by atoms with Crippen LogP contribution in [-0.2, 0) is 0 Å². The third-order valence-electron chi connectivity index (χ3n) is 3.20. The molecule has 0 radical (unpaired) electrons. The van der Waals surface area contributed by atoms with Crippen LogP contribution in [0.2, 0.25) is 0 Å². The molecule has 2 heteroatoms. The molecule has 78 valence electrons. The molecule has 2 nitrogen and oxygen atoms in total. The average molecular weight is 185 g/mol. The minimum Gasteiger partial charge on any atom is -0.395 e. The van der Waals surface area contributed by atoms with Crippen molar-refractivity contribution in [3.63, 3.8) is 0 Å². The third-order valence-corrected chi connectivity index (χ3v) is 3.20. The van der Waals surface area contributed by atoms with Crippen LogP contribution in [0.5, 0.6) is 0 Å². The van der Waals surface area contributed by atoms with E-state index in [2.05, 4.69) is 19.2 Å². The fourth-order valence-corrected chi connectivity index (χ4v) is 2.06. The molecule has 1 rings (SSSR count). The van der Waals surface area contributed by atoms with Crippen molar-refractivity contribution < 1.29 is 5.11 Å². The summed E-state index contributed by atoms with van der Waals surface area (Å²) in [6, 6.07) is 0.978. The van der Waals surface area contributed by atoms with Gasteiger partial charge in [-0.1, -0.05) is 13.8 Å². The lowest BCUT2D eigenvalue weighted by molar-refractivity contribution is 0.206. The predicted molar refractivity (Wildman–Crippen MR) is 55.7 cm³/mol. The summed E-state index contributed by atoms with van der Waals surface area (Å²) in [4.78, 5) is 0. The number of aliphatic hydroxyl groups excluding tert-OH is 1. The van der Waals surface area contributed by atoms with Gasteiger partial charge < -0.3 is 10.4 Å². The highest BCUT2D eigenvalue weighted by molar-refractivity contribution is 4.78. The second-order valence-corrected chi connectivity index (χ2v) is 4.41. The standard InChI is InChI=1S/C11H23NO/c1-3-10(8-13)12-11-6-4-9(2)5-7-11/h9-13H,3-8H2,1-2H3/t9?,10-,11?/m1/s1. The highest BCUT2D eigenvalue weighted by Gasteiger charge is 2.19. The van der Waals surface area contributed by atoms with Gasteiger partial charge in [-0.05, 0) is 38.0 Å². The molecule has 1 saturated carbocycles. The third kappa shape index (κ3) is 3.65. The summed E-state index contributed by atoms with van der Waals surface area (Å²) in [5, 5.41) is 12.6. The van der Waals surface area contributed by atoms with Crippen LogP contribution in [0.1, 0.15) is 46.0 Å². The molecule has 0 spiro atoms. The summed E-state index contributed by atoms with van der Waals surface area (Å²) < 4.78 is 0. The van der Waals surface area contributed by atoms with Crippen LogP contribution in [0.4, 0.5) is 0 Å². The van der Waals surface area contributed by atoms with Crippen molar-refractivity contribution in [1.82, 2.24) is 5.32 Å². The molecule has 0 aliphatic heterocycles. The Balaban J connectivity index is 2.21. The van der Waals surface area contributed by atoms with Crippen LogP contribution in [-0.4, -0.2) is 23.8 Å². The first-order chi connectivity index (χ1) is 6.26. The van der Waals surface area contributed by atoms with Gasteiger partial charge in [-0.2, -0.15) is 0 Å². The number of aliphatic hydroxyl groups is 1. The van der Waals surface area contributed by atoms with E-state index in [1.807, 2.05) is 0 Å². The van der Waals surface area contributed by atoms with Crippen LogP contribution in [0.3, 0.4) is 0 Å². The lowest BCUT2D eigenvalue weighted by Gasteiger charge is -2.29. The van der Waals surface area contributed by atoms with Crippen molar-refractivity contribution >= 4 is 0 Å². The molecule has 0 aromatic carbocycles. The molecule has 1 aliphatic rings. The Bertz CT molecular complexity index is 126. The van der Waals surface area contributed by atoms with Crippen LogP contribution in [0.25, 0.3) is 0 Å². The van der Waals surface area contributed by atoms with Crippen molar-refractivity contribution in [1.29, 1.82) is 0 Å². The molecular formula is C11H23NO. The van der Waals surface area contributed by atoms with Crippen molar-refractivity contribution in [2.45, 2.75) is 58.0 Å². The Morgan fingerprint density at radius 3 is 2.38 bits per heavy atom. The molecule has 13 heavy (non-hydrogen) atoms. The molecule has 1 aliphatic carbocycles. The van der Waals surface area contributed by atoms with E-state index >= 15 is 0 Å². The summed E-state index contributed by atoms with van der Waals surface area (Å²) in [5.41, 5.74) is 0. The highest BCUT2D eigenvalue weighted by atomic mass is 16.3. The summed E-state index contributed by atoms with van der Waals surface area (Å²) in [5.74, 6) is 0.909. The van der Waals surface area contributed by atoms with Crippen LogP contribution < -0.4 is 5.32 Å². The number of nitrogens with one attached hydrogen (secondary N) is 1. The summed E-state index contributed by atoms with van der Waals surface area (Å²) in [6.45, 7) is 4.74. The van der Waals surface area contributed by atoms with Crippen LogP contribution >= 0.6 is 0 Å². The van der Waals surface area contributed by atoms with Gasteiger partial charge in [-0.25, -0.2) is 0 Å². The SMILES string of the molecule is CC[C@H](CO)NC1CCC(C)CC1. The molecule has 0 saturated heterocycles. The van der Waals surface area contributed by atoms with Gasteiger partial charge >= 0.3 is 0 Å². The van der Waals surface area contributed by atoms with Crippen molar-refractivity contribution in [3.8, 4) is 0 Å². The smallest absolute Gasteiger partial charge is 0.0584 e. The van der Waals surface area contributed by atoms with E-state index < -0.39 is 0 Å². The zero-order valence-electron chi connectivity index (χ0n) is 8.92. The highest BCUT2D eigenvalue weighted by Crippen LogP contribution is 2.23. The van der Waals surface area contributed by atoms with Crippen molar-refractivity contribution in [3.05, 3.63) is 0 Å².